The Bertz CT molecular complexity index is 756. The van der Waals surface area contributed by atoms with Gasteiger partial charge >= 0.3 is 6.03 Å². The molecule has 3 rings (SSSR count). The number of amides is 3. The maximum Gasteiger partial charge on any atom is 0.344 e. The van der Waals surface area contributed by atoms with Crippen molar-refractivity contribution in [3.63, 3.8) is 0 Å². The number of carbonyl (C=O) groups excluding carboxylic acids is 2. The van der Waals surface area contributed by atoms with Crippen LogP contribution >= 0.6 is 12.2 Å². The van der Waals surface area contributed by atoms with Crippen molar-refractivity contribution in [2.75, 3.05) is 7.11 Å². The van der Waals surface area contributed by atoms with Gasteiger partial charge in [-0.3, -0.25) is 10.2 Å². The van der Waals surface area contributed by atoms with Gasteiger partial charge in [-0.05, 0) is 55.6 Å². The number of nitrogens with zero attached hydrogens (tertiary/aromatic N) is 1. The molecule has 0 bridgehead atoms. The van der Waals surface area contributed by atoms with E-state index in [9.17, 15) is 9.59 Å². The third-order valence-corrected chi connectivity index (χ3v) is 5.69. The number of hydrogen-bond acceptors (Lipinski definition) is 4. The monoisotopic (exact) mass is 390 g/mol. The molecule has 1 heterocycles. The maximum absolute atomic E-state index is 13.0. The molecule has 2 fully saturated rings. The van der Waals surface area contributed by atoms with Crippen LogP contribution in [0.4, 0.5) is 4.79 Å². The highest BCUT2D eigenvalue weighted by Gasteiger charge is 2.50. The Labute approximate surface area is 164 Å². The van der Waals surface area contributed by atoms with Crippen LogP contribution in [0.1, 0.15) is 45.1 Å². The second-order valence-electron chi connectivity index (χ2n) is 7.38. The van der Waals surface area contributed by atoms with Crippen LogP contribution < -0.4 is 20.8 Å². The first kappa shape index (κ1) is 19.4. The van der Waals surface area contributed by atoms with E-state index in [1.54, 1.807) is 38.3 Å². The molecule has 1 aliphatic heterocycles. The standard InChI is InChI=1S/C19H26N4O3S/c1-12-7-4-5-10-15(12)20-17(27)22-23-16(24)19(2,21-18(23)25)13-8-6-9-14(11-13)26-3/h6,8-9,11-12,15H,4-5,7,10H2,1-3H3,(H,21,25)(H2,20,22,27)/t12-,15+,19-/m1/s1. The van der Waals surface area contributed by atoms with Gasteiger partial charge in [-0.2, -0.15) is 5.01 Å². The molecule has 3 amide bonds. The van der Waals surface area contributed by atoms with E-state index in [0.29, 0.717) is 17.2 Å². The summed E-state index contributed by atoms with van der Waals surface area (Å²) in [5.41, 5.74) is 2.22. The van der Waals surface area contributed by atoms with Crippen LogP contribution in [0.3, 0.4) is 0 Å². The van der Waals surface area contributed by atoms with Gasteiger partial charge in [-0.15, -0.1) is 0 Å². The minimum Gasteiger partial charge on any atom is -0.497 e. The molecule has 1 aliphatic carbocycles. The Morgan fingerprint density at radius 2 is 2.07 bits per heavy atom. The minimum atomic E-state index is -1.19. The van der Waals surface area contributed by atoms with Crippen LogP contribution in [0.25, 0.3) is 0 Å². The fourth-order valence-corrected chi connectivity index (χ4v) is 3.95. The van der Waals surface area contributed by atoms with Crippen molar-refractivity contribution in [2.45, 2.75) is 51.1 Å². The minimum absolute atomic E-state index is 0.254. The number of nitrogens with one attached hydrogen (secondary N) is 3. The zero-order valence-corrected chi connectivity index (χ0v) is 16.7. The topological polar surface area (TPSA) is 82.7 Å². The number of urea groups is 1. The van der Waals surface area contributed by atoms with Gasteiger partial charge in [0, 0.05) is 6.04 Å². The van der Waals surface area contributed by atoms with Crippen molar-refractivity contribution in [2.24, 2.45) is 5.92 Å². The molecule has 1 aromatic carbocycles. The second kappa shape index (κ2) is 7.72. The summed E-state index contributed by atoms with van der Waals surface area (Å²) < 4.78 is 5.22. The summed E-state index contributed by atoms with van der Waals surface area (Å²) in [6, 6.07) is 6.81. The molecule has 0 radical (unpaired) electrons. The number of carbonyl (C=O) groups is 2. The van der Waals surface area contributed by atoms with Crippen LogP contribution in [0.5, 0.6) is 5.75 Å². The predicted octanol–water partition coefficient (Wildman–Crippen LogP) is 2.42. The molecule has 0 unspecified atom stereocenters. The molecule has 1 aromatic rings. The van der Waals surface area contributed by atoms with E-state index in [2.05, 4.69) is 23.0 Å². The molecule has 8 heteroatoms. The number of imide groups is 1. The van der Waals surface area contributed by atoms with Gasteiger partial charge in [0.15, 0.2) is 5.11 Å². The van der Waals surface area contributed by atoms with Gasteiger partial charge in [0.25, 0.3) is 5.91 Å². The number of hydrogen-bond donors (Lipinski definition) is 3. The lowest BCUT2D eigenvalue weighted by atomic mass is 9.86. The average molecular weight is 391 g/mol. The molecule has 146 valence electrons. The number of hydrazine groups is 1. The zero-order valence-electron chi connectivity index (χ0n) is 15.9. The molecule has 0 aromatic heterocycles. The number of methoxy groups -OCH3 is 1. The van der Waals surface area contributed by atoms with Gasteiger partial charge in [-0.25, -0.2) is 4.79 Å². The van der Waals surface area contributed by atoms with Gasteiger partial charge in [0.2, 0.25) is 0 Å². The third-order valence-electron chi connectivity index (χ3n) is 5.48. The van der Waals surface area contributed by atoms with E-state index in [1.807, 2.05) is 0 Å². The van der Waals surface area contributed by atoms with Crippen LogP contribution in [0.2, 0.25) is 0 Å². The van der Waals surface area contributed by atoms with Crippen molar-refractivity contribution in [3.05, 3.63) is 29.8 Å². The van der Waals surface area contributed by atoms with Crippen molar-refractivity contribution in [1.82, 2.24) is 21.1 Å². The molecule has 27 heavy (non-hydrogen) atoms. The summed E-state index contributed by atoms with van der Waals surface area (Å²) in [6.07, 6.45) is 4.56. The highest BCUT2D eigenvalue weighted by atomic mass is 32.1. The lowest BCUT2D eigenvalue weighted by molar-refractivity contribution is -0.132. The Hall–Kier alpha value is -2.35. The molecule has 0 spiro atoms. The van der Waals surface area contributed by atoms with Gasteiger partial charge in [0.05, 0.1) is 7.11 Å². The lowest BCUT2D eigenvalue weighted by Crippen LogP contribution is -2.54. The van der Waals surface area contributed by atoms with E-state index in [0.717, 1.165) is 24.3 Å². The van der Waals surface area contributed by atoms with Crippen molar-refractivity contribution in [1.29, 1.82) is 0 Å². The van der Waals surface area contributed by atoms with E-state index in [1.165, 1.54) is 6.42 Å². The molecule has 3 N–H and O–H groups in total. The molecule has 1 saturated heterocycles. The van der Waals surface area contributed by atoms with Crippen LogP contribution in [0.15, 0.2) is 24.3 Å². The first-order chi connectivity index (χ1) is 12.8. The zero-order chi connectivity index (χ0) is 19.6. The second-order valence-corrected chi connectivity index (χ2v) is 7.79. The molecular weight excluding hydrogens is 364 g/mol. The molecule has 2 aliphatic rings. The Morgan fingerprint density at radius 1 is 1.33 bits per heavy atom. The summed E-state index contributed by atoms with van der Waals surface area (Å²) in [4.78, 5) is 25.4. The lowest BCUT2D eigenvalue weighted by Gasteiger charge is -2.31. The summed E-state index contributed by atoms with van der Waals surface area (Å²) >= 11 is 5.35. The Morgan fingerprint density at radius 3 is 2.78 bits per heavy atom. The van der Waals surface area contributed by atoms with Gasteiger partial charge in [0.1, 0.15) is 11.3 Å². The predicted molar refractivity (Wildman–Crippen MR) is 106 cm³/mol. The number of benzene rings is 1. The smallest absolute Gasteiger partial charge is 0.344 e. The Kier molecular flexibility index (Phi) is 5.55. The molecule has 1 saturated carbocycles. The van der Waals surface area contributed by atoms with Gasteiger partial charge < -0.3 is 15.4 Å². The quantitative estimate of drug-likeness (QED) is 0.541. The summed E-state index contributed by atoms with van der Waals surface area (Å²) in [7, 11) is 1.56. The molecule has 3 atom stereocenters. The number of thiocarbonyl (C=S) groups is 1. The van der Waals surface area contributed by atoms with Crippen molar-refractivity contribution >= 4 is 29.3 Å². The van der Waals surface area contributed by atoms with Crippen LogP contribution in [0, 0.1) is 5.92 Å². The van der Waals surface area contributed by atoms with E-state index >= 15 is 0 Å². The molecule has 7 nitrogen and oxygen atoms in total. The van der Waals surface area contributed by atoms with E-state index in [4.69, 9.17) is 17.0 Å². The third kappa shape index (κ3) is 3.85. The fourth-order valence-electron chi connectivity index (χ4n) is 3.70. The van der Waals surface area contributed by atoms with E-state index < -0.39 is 17.5 Å². The fraction of sp³-hybridized carbons (Fsp3) is 0.526. The largest absolute Gasteiger partial charge is 0.497 e. The first-order valence-corrected chi connectivity index (χ1v) is 9.64. The first-order valence-electron chi connectivity index (χ1n) is 9.23. The Balaban J connectivity index is 1.71. The van der Waals surface area contributed by atoms with Crippen LogP contribution in [-0.4, -0.2) is 35.2 Å². The van der Waals surface area contributed by atoms with Crippen molar-refractivity contribution < 1.29 is 14.3 Å². The van der Waals surface area contributed by atoms with Gasteiger partial charge in [-0.1, -0.05) is 31.9 Å². The SMILES string of the molecule is COc1cccc([C@@]2(C)NC(=O)N(NC(=S)N[C@H]3CCCC[C@H]3C)C2=O)c1. The summed E-state index contributed by atoms with van der Waals surface area (Å²) in [5.74, 6) is 0.705. The maximum atomic E-state index is 13.0. The normalized spacial score (nSPS) is 27.9. The average Bonchev–Trinajstić information content (AvgIpc) is 2.88. The molecular formula is C19H26N4O3S. The highest BCUT2D eigenvalue weighted by Crippen LogP contribution is 2.30. The highest BCUT2D eigenvalue weighted by molar-refractivity contribution is 7.80. The summed E-state index contributed by atoms with van der Waals surface area (Å²) in [5, 5.41) is 7.23. The number of ether oxygens (including phenoxy) is 1. The van der Waals surface area contributed by atoms with Crippen LogP contribution in [-0.2, 0) is 10.3 Å². The summed E-state index contributed by atoms with van der Waals surface area (Å²) in [6.45, 7) is 3.86. The van der Waals surface area contributed by atoms with E-state index in [-0.39, 0.29) is 11.2 Å². The van der Waals surface area contributed by atoms with Crippen molar-refractivity contribution in [3.8, 4) is 5.75 Å². The number of rotatable bonds is 4.